The Labute approximate surface area is 210 Å². The van der Waals surface area contributed by atoms with Crippen molar-refractivity contribution in [2.24, 2.45) is 0 Å². The maximum Gasteiger partial charge on any atom is 0.323 e. The molecule has 0 radical (unpaired) electrons. The van der Waals surface area contributed by atoms with Gasteiger partial charge in [-0.1, -0.05) is 48.5 Å². The number of amides is 3. The van der Waals surface area contributed by atoms with Crippen LogP contribution < -0.4 is 20.9 Å². The number of rotatable bonds is 7. The molecule has 1 unspecified atom stereocenters. The third kappa shape index (κ3) is 5.25. The van der Waals surface area contributed by atoms with E-state index in [-0.39, 0.29) is 11.9 Å². The number of furan rings is 1. The zero-order chi connectivity index (χ0) is 24.9. The zero-order valence-corrected chi connectivity index (χ0v) is 20.0. The van der Waals surface area contributed by atoms with E-state index in [2.05, 4.69) is 46.0 Å². The van der Waals surface area contributed by atoms with E-state index in [1.165, 1.54) is 11.3 Å². The number of nitrogens with zero attached hydrogens (tertiary/aromatic N) is 1. The molecule has 0 bridgehead atoms. The molecule has 0 fully saturated rings. The minimum Gasteiger partial charge on any atom is -0.459 e. The number of hydrogen-bond acceptors (Lipinski definition) is 4. The third-order valence-electron chi connectivity index (χ3n) is 6.31. The van der Waals surface area contributed by atoms with Crippen LogP contribution in [0.25, 0.3) is 0 Å². The van der Waals surface area contributed by atoms with Gasteiger partial charge < -0.3 is 25.3 Å². The van der Waals surface area contributed by atoms with E-state index in [4.69, 9.17) is 4.42 Å². The highest BCUT2D eigenvalue weighted by Crippen LogP contribution is 2.33. The topological polar surface area (TPSA) is 86.6 Å². The van der Waals surface area contributed by atoms with E-state index in [1.54, 1.807) is 12.3 Å². The number of benzene rings is 3. The van der Waals surface area contributed by atoms with Gasteiger partial charge in [0.05, 0.1) is 6.26 Å². The Kier molecular flexibility index (Phi) is 6.71. The Morgan fingerprint density at radius 1 is 0.917 bits per heavy atom. The highest BCUT2D eigenvalue weighted by Gasteiger charge is 2.27. The number of urea groups is 1. The van der Waals surface area contributed by atoms with Gasteiger partial charge in [0, 0.05) is 41.8 Å². The summed E-state index contributed by atoms with van der Waals surface area (Å²) < 4.78 is 5.58. The lowest BCUT2D eigenvalue weighted by Crippen LogP contribution is -2.30. The van der Waals surface area contributed by atoms with Crippen LogP contribution in [0.4, 0.5) is 21.9 Å². The largest absolute Gasteiger partial charge is 0.459 e. The standard InChI is InChI=1S/C29H28N4O3/c1-20-16-22-9-5-6-13-26(22)33(20)19-23-14-15-36-27(23)28(34)30-18-21-8-7-12-25(17-21)32-29(35)31-24-10-3-2-4-11-24/h2-15,17,20H,16,18-19H2,1H3,(H,30,34)(H2,31,32,35). The predicted octanol–water partition coefficient (Wildman–Crippen LogP) is 5.80. The SMILES string of the molecule is CC1Cc2ccccc2N1Cc1ccoc1C(=O)NCc1cccc(NC(=O)Nc2ccccc2)c1. The Morgan fingerprint density at radius 3 is 2.53 bits per heavy atom. The lowest BCUT2D eigenvalue weighted by Gasteiger charge is -2.24. The van der Waals surface area contributed by atoms with Gasteiger partial charge in [-0.2, -0.15) is 0 Å². The Balaban J connectivity index is 1.19. The molecule has 1 atom stereocenters. The summed E-state index contributed by atoms with van der Waals surface area (Å²) in [5.74, 6) is 0.0541. The van der Waals surface area contributed by atoms with Gasteiger partial charge in [-0.3, -0.25) is 4.79 Å². The van der Waals surface area contributed by atoms with Gasteiger partial charge in [0.1, 0.15) is 0 Å². The molecule has 0 aliphatic carbocycles. The number of fused-ring (bicyclic) bond motifs is 1. The van der Waals surface area contributed by atoms with Crippen LogP contribution in [0.3, 0.4) is 0 Å². The maximum absolute atomic E-state index is 13.0. The third-order valence-corrected chi connectivity index (χ3v) is 6.31. The molecule has 5 rings (SSSR count). The van der Waals surface area contributed by atoms with Crippen LogP contribution in [0.1, 0.15) is 34.2 Å². The Hall–Kier alpha value is -4.52. The normalized spacial score (nSPS) is 14.2. The minimum absolute atomic E-state index is 0.268. The molecule has 0 saturated carbocycles. The average Bonchev–Trinajstić information content (AvgIpc) is 3.48. The van der Waals surface area contributed by atoms with Crippen LogP contribution in [0.5, 0.6) is 0 Å². The van der Waals surface area contributed by atoms with Crippen molar-refractivity contribution in [3.63, 3.8) is 0 Å². The van der Waals surface area contributed by atoms with Crippen molar-refractivity contribution >= 4 is 29.0 Å². The van der Waals surface area contributed by atoms with E-state index in [0.29, 0.717) is 36.3 Å². The number of nitrogens with one attached hydrogen (secondary N) is 3. The van der Waals surface area contributed by atoms with Crippen molar-refractivity contribution in [3.05, 3.63) is 114 Å². The van der Waals surface area contributed by atoms with Crippen LogP contribution in [-0.4, -0.2) is 18.0 Å². The number of carbonyl (C=O) groups excluding carboxylic acids is 2. The first-order valence-electron chi connectivity index (χ1n) is 12.0. The van der Waals surface area contributed by atoms with Crippen LogP contribution in [0, 0.1) is 0 Å². The summed E-state index contributed by atoms with van der Waals surface area (Å²) in [4.78, 5) is 27.6. The van der Waals surface area contributed by atoms with Gasteiger partial charge in [-0.25, -0.2) is 4.79 Å². The molecule has 0 saturated heterocycles. The second-order valence-corrected chi connectivity index (χ2v) is 8.91. The second-order valence-electron chi connectivity index (χ2n) is 8.91. The van der Waals surface area contributed by atoms with E-state index in [9.17, 15) is 9.59 Å². The van der Waals surface area contributed by atoms with Gasteiger partial charge in [0.25, 0.3) is 5.91 Å². The molecule has 36 heavy (non-hydrogen) atoms. The molecule has 0 spiro atoms. The van der Waals surface area contributed by atoms with E-state index in [1.807, 2.05) is 60.7 Å². The fraction of sp³-hybridized carbons (Fsp3) is 0.172. The van der Waals surface area contributed by atoms with Crippen LogP contribution in [-0.2, 0) is 19.5 Å². The van der Waals surface area contributed by atoms with Crippen molar-refractivity contribution in [2.45, 2.75) is 32.5 Å². The van der Waals surface area contributed by atoms with Crippen molar-refractivity contribution in [1.29, 1.82) is 0 Å². The summed E-state index contributed by atoms with van der Waals surface area (Å²) in [7, 11) is 0. The van der Waals surface area contributed by atoms with Crippen molar-refractivity contribution in [2.75, 3.05) is 15.5 Å². The highest BCUT2D eigenvalue weighted by atomic mass is 16.3. The average molecular weight is 481 g/mol. The summed E-state index contributed by atoms with van der Waals surface area (Å²) >= 11 is 0. The molecule has 3 N–H and O–H groups in total. The molecule has 182 valence electrons. The maximum atomic E-state index is 13.0. The summed E-state index contributed by atoms with van der Waals surface area (Å²) in [6.07, 6.45) is 2.55. The molecule has 1 aliphatic rings. The van der Waals surface area contributed by atoms with Gasteiger partial charge in [-0.05, 0) is 60.9 Å². The van der Waals surface area contributed by atoms with Crippen molar-refractivity contribution in [1.82, 2.24) is 5.32 Å². The number of hydrogen-bond donors (Lipinski definition) is 3. The van der Waals surface area contributed by atoms with Gasteiger partial charge in [-0.15, -0.1) is 0 Å². The smallest absolute Gasteiger partial charge is 0.323 e. The fourth-order valence-corrected chi connectivity index (χ4v) is 4.55. The first kappa shape index (κ1) is 23.2. The molecule has 4 aromatic rings. The van der Waals surface area contributed by atoms with E-state index < -0.39 is 0 Å². The molecule has 2 heterocycles. The first-order valence-corrected chi connectivity index (χ1v) is 12.0. The Bertz CT molecular complexity index is 1370. The van der Waals surface area contributed by atoms with Crippen LogP contribution in [0.15, 0.2) is 95.6 Å². The fourth-order valence-electron chi connectivity index (χ4n) is 4.55. The summed E-state index contributed by atoms with van der Waals surface area (Å²) in [6.45, 7) is 3.10. The number of carbonyl (C=O) groups is 2. The number of anilines is 3. The quantitative estimate of drug-likeness (QED) is 0.312. The summed E-state index contributed by atoms with van der Waals surface area (Å²) in [6, 6.07) is 26.9. The molecule has 1 aromatic heterocycles. The predicted molar refractivity (Wildman–Crippen MR) is 141 cm³/mol. The Morgan fingerprint density at radius 2 is 1.67 bits per heavy atom. The van der Waals surface area contributed by atoms with E-state index in [0.717, 1.165) is 17.5 Å². The van der Waals surface area contributed by atoms with Gasteiger partial charge in [0.2, 0.25) is 0 Å². The molecular formula is C29H28N4O3. The van der Waals surface area contributed by atoms with Crippen molar-refractivity contribution < 1.29 is 14.0 Å². The first-order chi connectivity index (χ1) is 17.6. The lowest BCUT2D eigenvalue weighted by molar-refractivity contribution is 0.0921. The van der Waals surface area contributed by atoms with E-state index >= 15 is 0 Å². The number of para-hydroxylation sites is 2. The molecule has 3 aromatic carbocycles. The highest BCUT2D eigenvalue weighted by molar-refractivity contribution is 5.99. The van der Waals surface area contributed by atoms with Crippen molar-refractivity contribution in [3.8, 4) is 0 Å². The summed E-state index contributed by atoms with van der Waals surface area (Å²) in [5.41, 5.74) is 5.58. The van der Waals surface area contributed by atoms with Gasteiger partial charge in [0.15, 0.2) is 5.76 Å². The van der Waals surface area contributed by atoms with Crippen LogP contribution >= 0.6 is 0 Å². The van der Waals surface area contributed by atoms with Crippen LogP contribution in [0.2, 0.25) is 0 Å². The molecule has 1 aliphatic heterocycles. The summed E-state index contributed by atoms with van der Waals surface area (Å²) in [5, 5.41) is 8.55. The molecule has 7 nitrogen and oxygen atoms in total. The second kappa shape index (κ2) is 10.4. The molecule has 3 amide bonds. The minimum atomic E-state index is -0.333. The molecule has 7 heteroatoms. The van der Waals surface area contributed by atoms with Gasteiger partial charge >= 0.3 is 6.03 Å². The monoisotopic (exact) mass is 480 g/mol. The lowest BCUT2D eigenvalue weighted by atomic mass is 10.1. The molecular weight excluding hydrogens is 452 g/mol. The zero-order valence-electron chi connectivity index (χ0n) is 20.0.